The Bertz CT molecular complexity index is 2150. The van der Waals surface area contributed by atoms with Gasteiger partial charge in [-0.05, 0) is 291 Å². The summed E-state index contributed by atoms with van der Waals surface area (Å²) in [6.45, 7) is 89.3. The van der Waals surface area contributed by atoms with Crippen LogP contribution >= 0.6 is 0 Å². The highest BCUT2D eigenvalue weighted by Crippen LogP contribution is 2.43. The molecule has 0 aliphatic rings. The molecule has 106 heavy (non-hydrogen) atoms. The van der Waals surface area contributed by atoms with Crippen molar-refractivity contribution in [3.63, 3.8) is 0 Å². The molecule has 0 aromatic carbocycles. The van der Waals surface area contributed by atoms with Gasteiger partial charge in [-0.25, -0.2) is 0 Å². The summed E-state index contributed by atoms with van der Waals surface area (Å²) in [6.07, 6.45) is 23.1. The average molecular weight is 1810 g/mol. The molecule has 0 saturated heterocycles. The molecule has 636 valence electrons. The van der Waals surface area contributed by atoms with E-state index in [0.717, 1.165) is 80.5 Å². The molecule has 0 unspecified atom stereocenters. The smallest absolute Gasteiger partial charge is 0.465 e. The molecule has 15 nitrogen and oxygen atoms in total. The van der Waals surface area contributed by atoms with Crippen LogP contribution in [0, 0.1) is 5.41 Å². The van der Waals surface area contributed by atoms with E-state index in [1.165, 1.54) is 96.3 Å². The van der Waals surface area contributed by atoms with Crippen molar-refractivity contribution in [1.29, 1.82) is 0 Å². The molecule has 33 heteroatoms. The first kappa shape index (κ1) is 109. The van der Waals surface area contributed by atoms with Gasteiger partial charge < -0.3 is 58.2 Å². The summed E-state index contributed by atoms with van der Waals surface area (Å²) < 4.78 is 107. The molecule has 0 spiro atoms. The van der Waals surface area contributed by atoms with Crippen LogP contribution in [0.15, 0.2) is 0 Å². The molecule has 0 bridgehead atoms. The van der Waals surface area contributed by atoms with Crippen molar-refractivity contribution in [2.45, 2.75) is 452 Å². The molecule has 0 heterocycles. The topological polar surface area (TPSA) is 146 Å². The molecule has 0 rings (SSSR count). The monoisotopic (exact) mass is 1800 g/mol. The van der Waals surface area contributed by atoms with Crippen molar-refractivity contribution in [3.05, 3.63) is 0 Å². The van der Waals surface area contributed by atoms with Gasteiger partial charge in [-0.1, -0.05) is 137 Å². The third kappa shape index (κ3) is 54.0. The SMILES string of the molecule is CCCCCCC[Si](C)(C)O[Si](CC[Si](C)(C)O[Si](CCCC[Si](C)(C)O[SiH2]CCCCOC(=O)C(C)(C)CC)(O[Si](C)(C)CC[Si](O[Si](C)(C)C)(O[Si](C)(C)C)O[Si](C)(C)CCCCCCC)O[Si](C)(C)CC[Si](O[Si](C)(C)C)(O[Si](C)(C)C)O[Si](C)(C)CCCCCCC)(O[Si](C)(C)C)O[Si](C)(C)C. The van der Waals surface area contributed by atoms with Crippen LogP contribution in [0.2, 0.25) is 282 Å². The second-order valence-electron chi connectivity index (χ2n) is 42.4. The molecule has 0 aliphatic heterocycles. The maximum absolute atomic E-state index is 12.7. The first-order valence-corrected chi connectivity index (χ1v) is 94.5. The highest BCUT2D eigenvalue weighted by Gasteiger charge is 2.59. The quantitative estimate of drug-likeness (QED) is 0.0323. The fraction of sp³-hybridized carbons (Fsp3) is 0.986. The predicted octanol–water partition coefficient (Wildman–Crippen LogP) is 26.4. The van der Waals surface area contributed by atoms with E-state index in [4.69, 9.17) is 58.2 Å². The zero-order valence-electron chi connectivity index (χ0n) is 77.7. The number of rotatable bonds is 65. The molecule has 0 N–H and O–H groups in total. The summed E-state index contributed by atoms with van der Waals surface area (Å²) in [7, 11) is -45.5. The highest BCUT2D eigenvalue weighted by atomic mass is 28.5. The lowest BCUT2D eigenvalue weighted by Gasteiger charge is -2.48. The molecule has 0 radical (unpaired) electrons. The molecule has 0 aromatic rings. The van der Waals surface area contributed by atoms with Gasteiger partial charge in [0.2, 0.25) is 0 Å². The van der Waals surface area contributed by atoms with Crippen LogP contribution in [0.4, 0.5) is 0 Å². The Kier molecular flexibility index (Phi) is 48.3. The van der Waals surface area contributed by atoms with E-state index in [1.54, 1.807) is 0 Å². The number of hydrogen-bond acceptors (Lipinski definition) is 15. The number of ether oxygens (including phenoxy) is 1. The third-order valence-electron chi connectivity index (χ3n) is 18.6. The molecule has 0 fully saturated rings. The summed E-state index contributed by atoms with van der Waals surface area (Å²) in [6, 6.07) is 10.6. The zero-order chi connectivity index (χ0) is 82.5. The van der Waals surface area contributed by atoms with Crippen LogP contribution in [-0.2, 0) is 63.0 Å². The van der Waals surface area contributed by atoms with Crippen LogP contribution < -0.4 is 0 Å². The number of esters is 1. The Morgan fingerprint density at radius 3 is 0.736 bits per heavy atom. The van der Waals surface area contributed by atoms with Gasteiger partial charge in [0.15, 0.2) is 108 Å². The van der Waals surface area contributed by atoms with E-state index in [0.29, 0.717) is 30.8 Å². The summed E-state index contributed by atoms with van der Waals surface area (Å²) in [5.74, 6) is -0.0982. The van der Waals surface area contributed by atoms with Crippen LogP contribution in [0.3, 0.4) is 0 Å². The Hall–Kier alpha value is 2.85. The number of hydrogen-bond donors (Lipinski definition) is 0. The van der Waals surface area contributed by atoms with Crippen molar-refractivity contribution in [3.8, 4) is 0 Å². The lowest BCUT2D eigenvalue weighted by molar-refractivity contribution is -0.154. The Labute approximate surface area is 680 Å². The zero-order valence-corrected chi connectivity index (χ0v) is 96.1. The molecule has 0 aliphatic carbocycles. The fourth-order valence-corrected chi connectivity index (χ4v) is 89.9. The maximum atomic E-state index is 12.7. The van der Waals surface area contributed by atoms with Gasteiger partial charge in [-0.3, -0.25) is 4.79 Å². The van der Waals surface area contributed by atoms with Crippen LogP contribution in [0.25, 0.3) is 0 Å². The van der Waals surface area contributed by atoms with Crippen molar-refractivity contribution in [2.24, 2.45) is 5.41 Å². The van der Waals surface area contributed by atoms with E-state index >= 15 is 0 Å². The number of unbranched alkanes of at least 4 members (excludes halogenated alkanes) is 14. The minimum atomic E-state index is -3.77. The van der Waals surface area contributed by atoms with Crippen molar-refractivity contribution in [1.82, 2.24) is 0 Å². The van der Waals surface area contributed by atoms with Crippen LogP contribution in [-0.4, -0.2) is 166 Å². The molecule has 0 amide bonds. The standard InChI is InChI=1S/C73H182O15Si18/c1-39-43-46-49-54-62-97(27,28)83-104(77-90(7,8)9,78-91(10,11)12)69-66-100(33,34)86-103(65-58-57-61-96(25,26)76-89-60-53-52-59-75-72(74)73(5,6)42-4,87-101(35,36)67-70-105(79-92(13,14)15,80-93(16,17)18)84-98(29,30)63-55-50-47-44-40-2)88-102(37,38)68-71-106(81-94(19,20)21,82-95(22,23)24)85-99(31,32)64-56-51-48-45-41-3/h39-71,89H2,1-38H3. The lowest BCUT2D eigenvalue weighted by atomic mass is 9.91. The molecule has 0 atom stereocenters. The summed E-state index contributed by atoms with van der Waals surface area (Å²) in [4.78, 5) is 12.7. The fourth-order valence-electron chi connectivity index (χ4n) is 13.5. The van der Waals surface area contributed by atoms with Gasteiger partial charge >= 0.3 is 41.2 Å². The van der Waals surface area contributed by atoms with E-state index in [1.807, 2.05) is 20.8 Å². The number of carbonyl (C=O) groups excluding carboxylic acids is 1. The largest absolute Gasteiger partial charge is 0.469 e. The van der Waals surface area contributed by atoms with Gasteiger partial charge in [0, 0.05) is 24.2 Å². The van der Waals surface area contributed by atoms with E-state index in [9.17, 15) is 4.79 Å². The Balaban J connectivity index is 8.97. The summed E-state index contributed by atoms with van der Waals surface area (Å²) in [5.41, 5.74) is -0.450. The van der Waals surface area contributed by atoms with E-state index in [2.05, 4.69) is 230 Å². The summed E-state index contributed by atoms with van der Waals surface area (Å²) >= 11 is 0. The molecule has 0 saturated carbocycles. The van der Waals surface area contributed by atoms with Crippen molar-refractivity contribution in [2.75, 3.05) is 6.61 Å². The van der Waals surface area contributed by atoms with Gasteiger partial charge in [0.25, 0.3) is 0 Å². The van der Waals surface area contributed by atoms with Crippen molar-refractivity contribution >= 4 is 159 Å². The van der Waals surface area contributed by atoms with Crippen molar-refractivity contribution < 1.29 is 63.0 Å². The maximum Gasteiger partial charge on any atom is 0.469 e. The first-order valence-electron chi connectivity index (χ1n) is 42.9. The van der Waals surface area contributed by atoms with E-state index < -0.39 is 159 Å². The number of carbonyl (C=O) groups is 1. The third-order valence-corrected chi connectivity index (χ3v) is 81.8. The van der Waals surface area contributed by atoms with Gasteiger partial charge in [-0.2, -0.15) is 0 Å². The summed E-state index contributed by atoms with van der Waals surface area (Å²) in [5, 5.41) is 0. The average Bonchev–Trinajstić information content (AvgIpc) is 0.780. The predicted molar refractivity (Wildman–Crippen MR) is 506 cm³/mol. The van der Waals surface area contributed by atoms with Gasteiger partial charge in [-0.15, -0.1) is 0 Å². The Morgan fingerprint density at radius 2 is 0.481 bits per heavy atom. The van der Waals surface area contributed by atoms with Crippen LogP contribution in [0.1, 0.15) is 170 Å². The molecular formula is C73H182O15Si18. The minimum Gasteiger partial charge on any atom is -0.465 e. The lowest BCUT2D eigenvalue weighted by Crippen LogP contribution is -2.65. The van der Waals surface area contributed by atoms with E-state index in [-0.39, 0.29) is 5.97 Å². The van der Waals surface area contributed by atoms with Crippen LogP contribution in [0.5, 0.6) is 0 Å². The highest BCUT2D eigenvalue weighted by molar-refractivity contribution is 6.96. The molecule has 0 aromatic heterocycles. The first-order chi connectivity index (χ1) is 47.7. The molecular weight excluding hydrogens is 1620 g/mol. The van der Waals surface area contributed by atoms with Gasteiger partial charge in [0.05, 0.1) is 12.0 Å². The normalized spacial score (nSPS) is 14.9. The second-order valence-corrected chi connectivity index (χ2v) is 115. The Morgan fingerprint density at radius 1 is 0.255 bits per heavy atom. The van der Waals surface area contributed by atoms with Gasteiger partial charge in [0.1, 0.15) is 9.76 Å². The minimum absolute atomic E-state index is 0.0982. The second kappa shape index (κ2) is 47.0.